The van der Waals surface area contributed by atoms with Crippen LogP contribution in [0.25, 0.3) is 5.57 Å². The summed E-state index contributed by atoms with van der Waals surface area (Å²) in [4.78, 5) is 5.44. The molecule has 7 heterocycles. The molecule has 3 aromatic heterocycles. The minimum atomic E-state index is -4.25. The van der Waals surface area contributed by atoms with Crippen LogP contribution in [-0.4, -0.2) is 32.1 Å². The molecule has 0 fully saturated rings. The van der Waals surface area contributed by atoms with Crippen molar-refractivity contribution in [3.05, 3.63) is 88.4 Å². The quantitative estimate of drug-likeness (QED) is 0.227. The van der Waals surface area contributed by atoms with E-state index in [1.54, 1.807) is 0 Å². The summed E-state index contributed by atoms with van der Waals surface area (Å²) in [6.45, 7) is 16.5. The molecular formula is C34H43ClN4Sn. The second-order valence-corrected chi connectivity index (χ2v) is 22.7. The van der Waals surface area contributed by atoms with Crippen molar-refractivity contribution in [2.45, 2.75) is 110 Å². The molecule has 1 unspecified atom stereocenters. The molecule has 40 heavy (non-hydrogen) atoms. The van der Waals surface area contributed by atoms with Gasteiger partial charge in [0.05, 0.1) is 0 Å². The van der Waals surface area contributed by atoms with Crippen molar-refractivity contribution in [3.63, 3.8) is 0 Å². The van der Waals surface area contributed by atoms with E-state index in [9.17, 15) is 0 Å². The first-order chi connectivity index (χ1) is 19.3. The van der Waals surface area contributed by atoms with Crippen LogP contribution in [0.3, 0.4) is 0 Å². The van der Waals surface area contributed by atoms with Gasteiger partial charge in [0.15, 0.2) is 0 Å². The third-order valence-electron chi connectivity index (χ3n) is 11.7. The Kier molecular flexibility index (Phi) is 5.92. The maximum atomic E-state index is 8.66. The van der Waals surface area contributed by atoms with E-state index >= 15 is 0 Å². The van der Waals surface area contributed by atoms with E-state index in [2.05, 4.69) is 105 Å². The molecule has 7 rings (SSSR count). The number of hydrogen-bond acceptors (Lipinski definition) is 1. The van der Waals surface area contributed by atoms with E-state index < -0.39 is 18.1 Å². The molecule has 0 radical (unpaired) electrons. The second kappa shape index (κ2) is 8.80. The number of allylic oxidation sites excluding steroid dienone is 3. The summed E-state index contributed by atoms with van der Waals surface area (Å²) < 4.78 is 8.30. The Labute approximate surface area is 248 Å². The summed E-state index contributed by atoms with van der Waals surface area (Å²) in [6.07, 6.45) is 11.8. The fourth-order valence-electron chi connectivity index (χ4n) is 9.24. The number of hydrogen-bond donors (Lipinski definition) is 0. The second-order valence-electron chi connectivity index (χ2n) is 12.3. The number of rotatable bonds is 7. The molecule has 6 heteroatoms. The summed E-state index contributed by atoms with van der Waals surface area (Å²) in [6, 6.07) is 14.6. The fraction of sp³-hybridized carbons (Fsp3) is 0.500. The molecule has 0 saturated carbocycles. The van der Waals surface area contributed by atoms with Gasteiger partial charge in [-0.1, -0.05) is 0 Å². The van der Waals surface area contributed by atoms with Crippen LogP contribution in [0.5, 0.6) is 0 Å². The molecule has 4 aliphatic rings. The summed E-state index contributed by atoms with van der Waals surface area (Å²) in [5.41, 5.74) is 11.8. The van der Waals surface area contributed by atoms with Gasteiger partial charge in [-0.05, 0) is 0 Å². The Balaban J connectivity index is 1.76. The van der Waals surface area contributed by atoms with Gasteiger partial charge in [-0.2, -0.15) is 0 Å². The third kappa shape index (κ3) is 2.71. The molecule has 210 valence electrons. The first-order valence-corrected chi connectivity index (χ1v) is 23.2. The predicted octanol–water partition coefficient (Wildman–Crippen LogP) is 8.75. The van der Waals surface area contributed by atoms with Crippen molar-refractivity contribution < 1.29 is 0 Å². The van der Waals surface area contributed by atoms with E-state index in [0.717, 1.165) is 50.6 Å². The van der Waals surface area contributed by atoms with Crippen LogP contribution in [0.15, 0.2) is 59.2 Å². The van der Waals surface area contributed by atoms with Gasteiger partial charge < -0.3 is 0 Å². The molecule has 4 aliphatic heterocycles. The molecule has 4 nitrogen and oxygen atoms in total. The predicted molar refractivity (Wildman–Crippen MR) is 170 cm³/mol. The van der Waals surface area contributed by atoms with E-state index in [1.165, 1.54) is 45.4 Å². The Morgan fingerprint density at radius 2 is 1.02 bits per heavy atom. The zero-order valence-electron chi connectivity index (χ0n) is 25.2. The summed E-state index contributed by atoms with van der Waals surface area (Å²) >= 11 is -4.25. The van der Waals surface area contributed by atoms with Gasteiger partial charge in [0, 0.05) is 0 Å². The van der Waals surface area contributed by atoms with Crippen LogP contribution in [-0.2, 0) is 16.2 Å². The first kappa shape index (κ1) is 26.9. The standard InChI is InChI=1S/C34H43N4.ClH.Sn/c1-8-23-24-15-17-26(35-24)32(9-2,10-3)28-19-21-30(37-28)34(13-6,14-7)31-22-20-29(38-31)33(11-4,12-5)27-18-16-25(23)36-27;;/h15-22H,8-14H2,1-7H3;1H;/q-3;;+4/p-1/b24-23-;;. The van der Waals surface area contributed by atoms with Crippen LogP contribution in [0.2, 0.25) is 0 Å². The third-order valence-corrected chi connectivity index (χ3v) is 24.1. The number of aromatic nitrogens is 3. The average molecular weight is 662 g/mol. The summed E-state index contributed by atoms with van der Waals surface area (Å²) in [7, 11) is 8.66. The van der Waals surface area contributed by atoms with Gasteiger partial charge in [0.25, 0.3) is 0 Å². The zero-order chi connectivity index (χ0) is 28.2. The van der Waals surface area contributed by atoms with E-state index in [1.807, 2.05) is 0 Å². The zero-order valence-corrected chi connectivity index (χ0v) is 28.8. The van der Waals surface area contributed by atoms with Crippen molar-refractivity contribution in [1.82, 2.24) is 8.37 Å². The van der Waals surface area contributed by atoms with Gasteiger partial charge in [-0.15, -0.1) is 0 Å². The average Bonchev–Trinajstić information content (AvgIpc) is 3.79. The molecule has 2 bridgehead atoms. The SMILES string of the molecule is CC/C1=C2\C=CC(=N2)C(CC)(CC)c2ccc3[n]2[Sn]2([Cl])[n]4c1ccc4C(CC)(CC)c1ccc([n]12)C3(CC)CC. The van der Waals surface area contributed by atoms with E-state index in [-0.39, 0.29) is 16.2 Å². The van der Waals surface area contributed by atoms with Gasteiger partial charge in [-0.25, -0.2) is 0 Å². The molecule has 0 N–H and O–H groups in total. The van der Waals surface area contributed by atoms with E-state index in [0.29, 0.717) is 0 Å². The minimum absolute atomic E-state index is 0.0654. The molecule has 3 aromatic rings. The number of halogens is 1. The number of nitrogens with zero attached hydrogens (tertiary/aromatic N) is 4. The maximum absolute atomic E-state index is 8.66. The molecule has 0 amide bonds. The summed E-state index contributed by atoms with van der Waals surface area (Å²) in [5.74, 6) is 0. The van der Waals surface area contributed by atoms with Crippen molar-refractivity contribution >= 4 is 38.3 Å². The van der Waals surface area contributed by atoms with Crippen molar-refractivity contribution in [2.75, 3.05) is 0 Å². The van der Waals surface area contributed by atoms with Crippen LogP contribution >= 0.6 is 8.92 Å². The van der Waals surface area contributed by atoms with Crippen LogP contribution in [0.4, 0.5) is 0 Å². The number of aliphatic imine (C=N–C) groups is 1. The molecule has 0 aliphatic carbocycles. The molecule has 1 atom stereocenters. The fourth-order valence-corrected chi connectivity index (χ4v) is 24.6. The number of fused-ring (bicyclic) bond motifs is 1. The molecule has 0 spiro atoms. The van der Waals surface area contributed by atoms with Crippen LogP contribution < -0.4 is 0 Å². The van der Waals surface area contributed by atoms with Crippen molar-refractivity contribution in [2.24, 2.45) is 4.99 Å². The topological polar surface area (TPSA) is 27.1 Å². The van der Waals surface area contributed by atoms with Crippen molar-refractivity contribution in [1.29, 1.82) is 0 Å². The van der Waals surface area contributed by atoms with Crippen LogP contribution in [0, 0.1) is 0 Å². The Hall–Kier alpha value is -1.92. The molecule has 0 aromatic carbocycles. The Bertz CT molecular complexity index is 1620. The van der Waals surface area contributed by atoms with Crippen molar-refractivity contribution in [3.8, 4) is 0 Å². The molecular weight excluding hydrogens is 619 g/mol. The van der Waals surface area contributed by atoms with Gasteiger partial charge in [0.1, 0.15) is 0 Å². The normalized spacial score (nSPS) is 25.6. The Morgan fingerprint density at radius 3 is 1.48 bits per heavy atom. The van der Waals surface area contributed by atoms with Crippen LogP contribution in [0.1, 0.15) is 128 Å². The van der Waals surface area contributed by atoms with Gasteiger partial charge in [0.2, 0.25) is 0 Å². The first-order valence-electron chi connectivity index (χ1n) is 15.7. The Morgan fingerprint density at radius 1 is 0.600 bits per heavy atom. The van der Waals surface area contributed by atoms with E-state index in [4.69, 9.17) is 13.9 Å². The monoisotopic (exact) mass is 662 g/mol. The van der Waals surface area contributed by atoms with Gasteiger partial charge in [-0.3, -0.25) is 0 Å². The molecule has 0 saturated heterocycles. The summed E-state index contributed by atoms with van der Waals surface area (Å²) in [5, 5.41) is 0. The van der Waals surface area contributed by atoms with Gasteiger partial charge >= 0.3 is 250 Å².